The summed E-state index contributed by atoms with van der Waals surface area (Å²) >= 11 is 0. The van der Waals surface area contributed by atoms with Crippen LogP contribution in [0.3, 0.4) is 0 Å². The van der Waals surface area contributed by atoms with Gasteiger partial charge >= 0.3 is 5.97 Å². The molecule has 0 atom stereocenters. The maximum Gasteiger partial charge on any atom is 0.349 e. The average Bonchev–Trinajstić information content (AvgIpc) is 2.10. The Morgan fingerprint density at radius 1 is 1.18 bits per heavy atom. The van der Waals surface area contributed by atoms with Crippen molar-refractivity contribution in [2.24, 2.45) is 4.99 Å². The SMILES string of the molecule is Cc1cc(C)cc(N=CC(=O)OC(C)(C)C)c1. The highest BCUT2D eigenvalue weighted by Crippen LogP contribution is 2.16. The van der Waals surface area contributed by atoms with Gasteiger partial charge in [-0.3, -0.25) is 0 Å². The first-order valence-corrected chi connectivity index (χ1v) is 5.61. The van der Waals surface area contributed by atoms with Crippen LogP contribution < -0.4 is 0 Å². The second-order valence-electron chi connectivity index (χ2n) is 5.14. The normalized spacial score (nSPS) is 11.8. The van der Waals surface area contributed by atoms with Crippen LogP contribution in [0, 0.1) is 13.8 Å². The highest BCUT2D eigenvalue weighted by atomic mass is 16.6. The van der Waals surface area contributed by atoms with Crippen molar-refractivity contribution >= 4 is 17.9 Å². The van der Waals surface area contributed by atoms with Gasteiger partial charge in [-0.15, -0.1) is 0 Å². The standard InChI is InChI=1S/C14H19NO2/c1-10-6-11(2)8-12(7-10)15-9-13(16)17-14(3,4)5/h6-9H,1-5H3. The van der Waals surface area contributed by atoms with E-state index in [0.29, 0.717) is 0 Å². The Balaban J connectivity index is 2.74. The highest BCUT2D eigenvalue weighted by Gasteiger charge is 2.14. The Hall–Kier alpha value is -1.64. The van der Waals surface area contributed by atoms with Crippen LogP contribution >= 0.6 is 0 Å². The van der Waals surface area contributed by atoms with Gasteiger partial charge in [-0.25, -0.2) is 9.79 Å². The number of nitrogens with zero attached hydrogens (tertiary/aromatic N) is 1. The third kappa shape index (κ3) is 5.29. The molecule has 0 heterocycles. The summed E-state index contributed by atoms with van der Waals surface area (Å²) in [6.45, 7) is 9.49. The van der Waals surface area contributed by atoms with Crippen molar-refractivity contribution in [2.75, 3.05) is 0 Å². The second kappa shape index (κ2) is 5.13. The van der Waals surface area contributed by atoms with Crippen molar-refractivity contribution in [3.8, 4) is 0 Å². The predicted octanol–water partition coefficient (Wildman–Crippen LogP) is 3.35. The molecule has 1 aromatic carbocycles. The Morgan fingerprint density at radius 2 is 1.71 bits per heavy atom. The molecular weight excluding hydrogens is 214 g/mol. The minimum atomic E-state index is -0.481. The zero-order valence-corrected chi connectivity index (χ0v) is 11.1. The van der Waals surface area contributed by atoms with E-state index in [1.54, 1.807) is 0 Å². The summed E-state index contributed by atoms with van der Waals surface area (Å²) in [4.78, 5) is 15.5. The molecule has 0 bridgehead atoms. The first-order chi connectivity index (χ1) is 7.76. The highest BCUT2D eigenvalue weighted by molar-refractivity contribution is 6.23. The van der Waals surface area contributed by atoms with Crippen molar-refractivity contribution in [3.05, 3.63) is 29.3 Å². The van der Waals surface area contributed by atoms with E-state index in [1.165, 1.54) is 6.21 Å². The molecular formula is C14H19NO2. The van der Waals surface area contributed by atoms with E-state index in [0.717, 1.165) is 16.8 Å². The number of hydrogen-bond donors (Lipinski definition) is 0. The van der Waals surface area contributed by atoms with Crippen LogP contribution in [0.1, 0.15) is 31.9 Å². The van der Waals surface area contributed by atoms with E-state index >= 15 is 0 Å². The summed E-state index contributed by atoms with van der Waals surface area (Å²) in [5.41, 5.74) is 2.54. The van der Waals surface area contributed by atoms with Gasteiger partial charge in [0.25, 0.3) is 0 Å². The number of esters is 1. The average molecular weight is 233 g/mol. The van der Waals surface area contributed by atoms with Gasteiger partial charge in [0.1, 0.15) is 11.8 Å². The topological polar surface area (TPSA) is 38.7 Å². The van der Waals surface area contributed by atoms with Crippen LogP contribution in [-0.4, -0.2) is 17.8 Å². The summed E-state index contributed by atoms with van der Waals surface area (Å²) < 4.78 is 5.13. The molecule has 3 heteroatoms. The Morgan fingerprint density at radius 3 is 2.18 bits per heavy atom. The third-order valence-corrected chi connectivity index (χ3v) is 1.93. The van der Waals surface area contributed by atoms with Gasteiger partial charge in [-0.2, -0.15) is 0 Å². The Bertz CT molecular complexity index is 422. The fraction of sp³-hybridized carbons (Fsp3) is 0.429. The first kappa shape index (κ1) is 13.4. The summed E-state index contributed by atoms with van der Waals surface area (Å²) in [6.07, 6.45) is 1.22. The van der Waals surface area contributed by atoms with Crippen molar-refractivity contribution in [2.45, 2.75) is 40.2 Å². The van der Waals surface area contributed by atoms with Crippen molar-refractivity contribution in [1.29, 1.82) is 0 Å². The Labute approximate surface area is 103 Å². The zero-order valence-electron chi connectivity index (χ0n) is 11.1. The van der Waals surface area contributed by atoms with E-state index in [2.05, 4.69) is 11.1 Å². The molecule has 1 rings (SSSR count). The van der Waals surface area contributed by atoms with E-state index in [1.807, 2.05) is 46.8 Å². The van der Waals surface area contributed by atoms with Gasteiger partial charge in [-0.05, 0) is 57.9 Å². The largest absolute Gasteiger partial charge is 0.456 e. The summed E-state index contributed by atoms with van der Waals surface area (Å²) in [5.74, 6) is -0.420. The second-order valence-corrected chi connectivity index (χ2v) is 5.14. The molecule has 0 unspecified atom stereocenters. The molecule has 0 N–H and O–H groups in total. The molecule has 0 aliphatic rings. The third-order valence-electron chi connectivity index (χ3n) is 1.93. The van der Waals surface area contributed by atoms with Gasteiger partial charge in [0, 0.05) is 0 Å². The van der Waals surface area contributed by atoms with Crippen LogP contribution in [0.5, 0.6) is 0 Å². The maximum atomic E-state index is 11.4. The molecule has 0 aliphatic heterocycles. The van der Waals surface area contributed by atoms with Gasteiger partial charge < -0.3 is 4.74 Å². The molecule has 0 amide bonds. The number of rotatable bonds is 2. The number of benzene rings is 1. The summed E-state index contributed by atoms with van der Waals surface area (Å²) in [6, 6.07) is 5.91. The molecule has 3 nitrogen and oxygen atoms in total. The smallest absolute Gasteiger partial charge is 0.349 e. The minimum absolute atomic E-state index is 0.420. The van der Waals surface area contributed by atoms with E-state index in [-0.39, 0.29) is 0 Å². The van der Waals surface area contributed by atoms with Crippen LogP contribution in [0.2, 0.25) is 0 Å². The van der Waals surface area contributed by atoms with Gasteiger partial charge in [0.2, 0.25) is 0 Å². The monoisotopic (exact) mass is 233 g/mol. The van der Waals surface area contributed by atoms with Crippen LogP contribution in [0.15, 0.2) is 23.2 Å². The predicted molar refractivity (Wildman–Crippen MR) is 69.9 cm³/mol. The molecule has 0 saturated carbocycles. The van der Waals surface area contributed by atoms with Crippen molar-refractivity contribution in [3.63, 3.8) is 0 Å². The van der Waals surface area contributed by atoms with Crippen LogP contribution in [0.25, 0.3) is 0 Å². The number of hydrogen-bond acceptors (Lipinski definition) is 3. The Kier molecular flexibility index (Phi) is 4.05. The molecule has 0 aromatic heterocycles. The van der Waals surface area contributed by atoms with E-state index in [9.17, 15) is 4.79 Å². The molecule has 1 aromatic rings. The fourth-order valence-corrected chi connectivity index (χ4v) is 1.48. The number of ether oxygens (including phenoxy) is 1. The van der Waals surface area contributed by atoms with Gasteiger partial charge in [0.15, 0.2) is 0 Å². The number of carbonyl (C=O) groups excluding carboxylic acids is 1. The van der Waals surface area contributed by atoms with Crippen molar-refractivity contribution in [1.82, 2.24) is 0 Å². The summed E-state index contributed by atoms with van der Waals surface area (Å²) in [7, 11) is 0. The molecule has 17 heavy (non-hydrogen) atoms. The summed E-state index contributed by atoms with van der Waals surface area (Å²) in [5, 5.41) is 0. The van der Waals surface area contributed by atoms with E-state index in [4.69, 9.17) is 4.74 Å². The van der Waals surface area contributed by atoms with Crippen LogP contribution in [-0.2, 0) is 9.53 Å². The number of carbonyl (C=O) groups is 1. The quantitative estimate of drug-likeness (QED) is 0.580. The molecule has 0 fully saturated rings. The molecule has 0 saturated heterocycles. The van der Waals surface area contributed by atoms with Gasteiger partial charge in [-0.1, -0.05) is 6.07 Å². The lowest BCUT2D eigenvalue weighted by Gasteiger charge is -2.17. The lowest BCUT2D eigenvalue weighted by molar-refractivity contribution is -0.145. The molecule has 0 spiro atoms. The number of aryl methyl sites for hydroxylation is 2. The number of aliphatic imine (C=N–C) groups is 1. The first-order valence-electron chi connectivity index (χ1n) is 5.61. The fourth-order valence-electron chi connectivity index (χ4n) is 1.48. The van der Waals surface area contributed by atoms with E-state index < -0.39 is 11.6 Å². The molecule has 92 valence electrons. The zero-order chi connectivity index (χ0) is 13.1. The lowest BCUT2D eigenvalue weighted by Crippen LogP contribution is -2.24. The minimum Gasteiger partial charge on any atom is -0.456 e. The van der Waals surface area contributed by atoms with Crippen LogP contribution in [0.4, 0.5) is 5.69 Å². The molecule has 0 aliphatic carbocycles. The lowest BCUT2D eigenvalue weighted by atomic mass is 10.1. The van der Waals surface area contributed by atoms with Gasteiger partial charge in [0.05, 0.1) is 5.69 Å². The van der Waals surface area contributed by atoms with Crippen molar-refractivity contribution < 1.29 is 9.53 Å². The molecule has 0 radical (unpaired) electrons. The maximum absolute atomic E-state index is 11.4.